The van der Waals surface area contributed by atoms with Gasteiger partial charge in [-0.2, -0.15) is 0 Å². The molecular weight excluding hydrogens is 433 g/mol. The smallest absolute Gasteiger partial charge is 0.221 e. The van der Waals surface area contributed by atoms with Crippen LogP contribution in [0.4, 0.5) is 15.8 Å². The van der Waals surface area contributed by atoms with E-state index in [2.05, 4.69) is 10.2 Å². The molecule has 8 heteroatoms. The number of carbonyl (C=O) groups excluding carboxylic acids is 1. The first kappa shape index (κ1) is 21.5. The molecule has 3 aliphatic heterocycles. The summed E-state index contributed by atoms with van der Waals surface area (Å²) in [6.45, 7) is 4.03. The largest absolute Gasteiger partial charge is 0.487 e. The Morgan fingerprint density at radius 3 is 2.75 bits per heavy atom. The zero-order chi connectivity index (χ0) is 22.5. The number of fused-ring (bicyclic) bond motifs is 1. The van der Waals surface area contributed by atoms with E-state index in [1.165, 1.54) is 19.1 Å². The van der Waals surface area contributed by atoms with Gasteiger partial charge < -0.3 is 20.1 Å². The number of amides is 1. The van der Waals surface area contributed by atoms with Gasteiger partial charge in [-0.1, -0.05) is 11.6 Å². The number of β-amino-alcohol motifs (C(OH)–C–C–N with tert-alkyl or cyclic N) is 1. The third-order valence-electron chi connectivity index (χ3n) is 6.91. The molecule has 2 aromatic carbocycles. The molecule has 6 nitrogen and oxygen atoms in total. The Labute approximate surface area is 191 Å². The number of carbonyl (C=O) groups is 1. The Hall–Kier alpha value is -2.35. The van der Waals surface area contributed by atoms with Crippen molar-refractivity contribution in [2.24, 2.45) is 0 Å². The second-order valence-electron chi connectivity index (χ2n) is 9.13. The third-order valence-corrected chi connectivity index (χ3v) is 7.15. The topological polar surface area (TPSA) is 65.0 Å². The minimum absolute atomic E-state index is 0.0565. The summed E-state index contributed by atoms with van der Waals surface area (Å²) in [5, 5.41) is 14.3. The highest BCUT2D eigenvalue weighted by Gasteiger charge is 2.45. The van der Waals surface area contributed by atoms with Crippen LogP contribution in [0.5, 0.6) is 5.75 Å². The predicted octanol–water partition coefficient (Wildman–Crippen LogP) is 3.46. The molecular formula is C24H27ClFN3O3. The summed E-state index contributed by atoms with van der Waals surface area (Å²) in [6.07, 6.45) is 2.05. The zero-order valence-corrected chi connectivity index (χ0v) is 18.7. The van der Waals surface area contributed by atoms with Crippen molar-refractivity contribution in [3.8, 4) is 5.75 Å². The lowest BCUT2D eigenvalue weighted by atomic mass is 9.86. The van der Waals surface area contributed by atoms with Crippen LogP contribution in [-0.2, 0) is 11.2 Å². The van der Waals surface area contributed by atoms with E-state index < -0.39 is 6.10 Å². The zero-order valence-electron chi connectivity index (χ0n) is 18.0. The van der Waals surface area contributed by atoms with E-state index in [0.29, 0.717) is 24.5 Å². The van der Waals surface area contributed by atoms with Crippen LogP contribution in [0, 0.1) is 5.82 Å². The quantitative estimate of drug-likeness (QED) is 0.736. The van der Waals surface area contributed by atoms with Crippen molar-refractivity contribution in [2.45, 2.75) is 43.9 Å². The Morgan fingerprint density at radius 1 is 1.22 bits per heavy atom. The van der Waals surface area contributed by atoms with Gasteiger partial charge >= 0.3 is 0 Å². The molecule has 5 rings (SSSR count). The van der Waals surface area contributed by atoms with E-state index in [1.54, 1.807) is 6.07 Å². The average Bonchev–Trinajstić information content (AvgIpc) is 3.29. The van der Waals surface area contributed by atoms with E-state index in [0.717, 1.165) is 48.7 Å². The number of rotatable bonds is 3. The van der Waals surface area contributed by atoms with Gasteiger partial charge in [0.15, 0.2) is 0 Å². The van der Waals surface area contributed by atoms with Crippen LogP contribution in [0.1, 0.15) is 25.3 Å². The number of aliphatic hydroxyl groups excluding tert-OH is 1. The number of nitrogens with one attached hydrogen (secondary N) is 1. The Morgan fingerprint density at radius 2 is 2.00 bits per heavy atom. The van der Waals surface area contributed by atoms with Crippen LogP contribution in [0.3, 0.4) is 0 Å². The highest BCUT2D eigenvalue weighted by molar-refractivity contribution is 6.30. The highest BCUT2D eigenvalue weighted by Crippen LogP contribution is 2.42. The second-order valence-corrected chi connectivity index (χ2v) is 9.57. The lowest BCUT2D eigenvalue weighted by Gasteiger charge is -2.41. The lowest BCUT2D eigenvalue weighted by Crippen LogP contribution is -2.53. The molecule has 1 unspecified atom stereocenters. The number of anilines is 2. The van der Waals surface area contributed by atoms with Crippen LogP contribution in [0.2, 0.25) is 5.02 Å². The number of hydrogen-bond acceptors (Lipinski definition) is 5. The highest BCUT2D eigenvalue weighted by atomic mass is 35.5. The van der Waals surface area contributed by atoms with Gasteiger partial charge in [-0.3, -0.25) is 9.69 Å². The van der Waals surface area contributed by atoms with Gasteiger partial charge in [-0.05, 0) is 42.0 Å². The monoisotopic (exact) mass is 459 g/mol. The molecule has 32 heavy (non-hydrogen) atoms. The SMILES string of the molecule is CC(=O)Nc1ccc(F)cc1N1CC(N2CCC3(CC2)Cc2cc(Cl)ccc2O3)[C@H](O)C1. The standard InChI is InChI=1S/C24H27ClFN3O3/c1-15(30)27-19-4-3-18(26)11-20(19)29-13-21(22(31)14-29)28-8-6-24(7-9-28)12-16-10-17(25)2-5-23(16)32-24/h2-5,10-11,21-22,31H,6-9,12-14H2,1H3,(H,27,30)/t21?,22-/m1/s1. The molecule has 1 spiro atoms. The van der Waals surface area contributed by atoms with Crippen molar-refractivity contribution in [1.29, 1.82) is 0 Å². The minimum Gasteiger partial charge on any atom is -0.487 e. The van der Waals surface area contributed by atoms with Crippen molar-refractivity contribution in [2.75, 3.05) is 36.4 Å². The van der Waals surface area contributed by atoms with Crippen LogP contribution < -0.4 is 15.0 Å². The fourth-order valence-corrected chi connectivity index (χ4v) is 5.53. The van der Waals surface area contributed by atoms with Crippen LogP contribution in [0.15, 0.2) is 36.4 Å². The Balaban J connectivity index is 1.26. The molecule has 2 N–H and O–H groups in total. The van der Waals surface area contributed by atoms with Crippen molar-refractivity contribution in [3.05, 3.63) is 52.8 Å². The van der Waals surface area contributed by atoms with E-state index in [4.69, 9.17) is 16.3 Å². The third kappa shape index (κ3) is 4.05. The van der Waals surface area contributed by atoms with Gasteiger partial charge in [0.25, 0.3) is 0 Å². The molecule has 0 radical (unpaired) electrons. The van der Waals surface area contributed by atoms with Crippen LogP contribution in [0.25, 0.3) is 0 Å². The summed E-state index contributed by atoms with van der Waals surface area (Å²) >= 11 is 6.15. The number of aliphatic hydroxyl groups is 1. The molecule has 3 aliphatic rings. The van der Waals surface area contributed by atoms with Crippen LogP contribution >= 0.6 is 11.6 Å². The molecule has 2 fully saturated rings. The number of hydrogen-bond donors (Lipinski definition) is 2. The predicted molar refractivity (Wildman–Crippen MR) is 122 cm³/mol. The van der Waals surface area contributed by atoms with Gasteiger partial charge in [-0.15, -0.1) is 0 Å². The number of benzene rings is 2. The van der Waals surface area contributed by atoms with E-state index in [1.807, 2.05) is 23.1 Å². The van der Waals surface area contributed by atoms with Crippen molar-refractivity contribution in [1.82, 2.24) is 4.90 Å². The van der Waals surface area contributed by atoms with Crippen molar-refractivity contribution in [3.63, 3.8) is 0 Å². The summed E-state index contributed by atoms with van der Waals surface area (Å²) < 4.78 is 20.3. The number of piperidine rings is 1. The number of likely N-dealkylation sites (tertiary alicyclic amines) is 1. The van der Waals surface area contributed by atoms with E-state index in [9.17, 15) is 14.3 Å². The molecule has 1 amide bonds. The molecule has 0 aliphatic carbocycles. The Kier molecular flexibility index (Phi) is 5.51. The van der Waals surface area contributed by atoms with Gasteiger partial charge in [0.1, 0.15) is 17.2 Å². The Bertz CT molecular complexity index is 1040. The maximum absolute atomic E-state index is 14.0. The summed E-state index contributed by atoms with van der Waals surface area (Å²) in [7, 11) is 0. The normalized spacial score (nSPS) is 24.4. The van der Waals surface area contributed by atoms with Crippen LogP contribution in [-0.4, -0.2) is 59.8 Å². The maximum atomic E-state index is 14.0. The minimum atomic E-state index is -0.557. The summed E-state index contributed by atoms with van der Waals surface area (Å²) in [4.78, 5) is 15.8. The molecule has 0 saturated carbocycles. The number of ether oxygens (including phenoxy) is 1. The summed E-state index contributed by atoms with van der Waals surface area (Å²) in [5.74, 6) is 0.339. The average molecular weight is 460 g/mol. The number of halogens is 2. The molecule has 2 atom stereocenters. The molecule has 170 valence electrons. The van der Waals surface area contributed by atoms with E-state index >= 15 is 0 Å². The lowest BCUT2D eigenvalue weighted by molar-refractivity contribution is -0.114. The van der Waals surface area contributed by atoms with E-state index in [-0.39, 0.29) is 23.4 Å². The summed E-state index contributed by atoms with van der Waals surface area (Å²) in [6, 6.07) is 10.1. The second kappa shape index (κ2) is 8.21. The van der Waals surface area contributed by atoms with Gasteiger partial charge in [-0.25, -0.2) is 4.39 Å². The fraction of sp³-hybridized carbons (Fsp3) is 0.458. The van der Waals surface area contributed by atoms with Gasteiger partial charge in [0, 0.05) is 57.4 Å². The maximum Gasteiger partial charge on any atom is 0.221 e. The van der Waals surface area contributed by atoms with Crippen molar-refractivity contribution >= 4 is 28.9 Å². The fourth-order valence-electron chi connectivity index (χ4n) is 5.33. The molecule has 0 bridgehead atoms. The van der Waals surface area contributed by atoms with Gasteiger partial charge in [0.05, 0.1) is 23.5 Å². The molecule has 2 aromatic rings. The molecule has 2 saturated heterocycles. The molecule has 3 heterocycles. The van der Waals surface area contributed by atoms with Crippen molar-refractivity contribution < 1.29 is 19.0 Å². The summed E-state index contributed by atoms with van der Waals surface area (Å²) in [5.41, 5.74) is 2.12. The molecule has 0 aromatic heterocycles. The number of nitrogens with zero attached hydrogens (tertiary/aromatic N) is 2. The first-order valence-electron chi connectivity index (χ1n) is 11.0. The van der Waals surface area contributed by atoms with Gasteiger partial charge in [0.2, 0.25) is 5.91 Å². The first-order valence-corrected chi connectivity index (χ1v) is 11.4. The first-order chi connectivity index (χ1) is 15.3.